The Hall–Kier alpha value is -2.99. The molecule has 6 heteroatoms. The number of carbonyl (C=O) groups is 1. The number of benzene rings is 1. The molecule has 3 heterocycles. The number of likely N-dealkylation sites (N-methyl/N-ethyl adjacent to an activating group) is 1. The van der Waals surface area contributed by atoms with Crippen molar-refractivity contribution in [1.82, 2.24) is 9.88 Å². The summed E-state index contributed by atoms with van der Waals surface area (Å²) in [6, 6.07) is 14.7. The van der Waals surface area contributed by atoms with Gasteiger partial charge in [0.1, 0.15) is 5.58 Å². The molecule has 0 atom stereocenters. The van der Waals surface area contributed by atoms with Gasteiger partial charge in [-0.3, -0.25) is 9.78 Å². The predicted molar refractivity (Wildman–Crippen MR) is 103 cm³/mol. The summed E-state index contributed by atoms with van der Waals surface area (Å²) in [5.74, 6) is -0.106. The van der Waals surface area contributed by atoms with Crippen LogP contribution in [-0.4, -0.2) is 29.4 Å². The molecular formula is C20H16N2O3S. The van der Waals surface area contributed by atoms with Gasteiger partial charge in [-0.05, 0) is 30.3 Å². The maximum Gasteiger partial charge on any atom is 0.345 e. The van der Waals surface area contributed by atoms with E-state index in [9.17, 15) is 9.59 Å². The molecule has 5 nitrogen and oxygen atoms in total. The molecule has 4 aromatic rings. The van der Waals surface area contributed by atoms with Gasteiger partial charge in [-0.25, -0.2) is 4.79 Å². The van der Waals surface area contributed by atoms with E-state index in [-0.39, 0.29) is 5.91 Å². The largest absolute Gasteiger partial charge is 0.422 e. The molecule has 0 saturated carbocycles. The van der Waals surface area contributed by atoms with Crippen molar-refractivity contribution in [2.24, 2.45) is 0 Å². The quantitative estimate of drug-likeness (QED) is 0.518. The fourth-order valence-electron chi connectivity index (χ4n) is 2.86. The third kappa shape index (κ3) is 2.99. The number of carbonyl (C=O) groups excluding carboxylic acids is 1. The van der Waals surface area contributed by atoms with Crippen LogP contribution in [0.3, 0.4) is 0 Å². The number of pyridine rings is 1. The molecule has 0 aliphatic heterocycles. The zero-order valence-electron chi connectivity index (χ0n) is 14.1. The third-order valence-electron chi connectivity index (χ3n) is 4.27. The number of fused-ring (bicyclic) bond motifs is 3. The lowest BCUT2D eigenvalue weighted by Crippen LogP contribution is -2.28. The fraction of sp³-hybridized carbons (Fsp3) is 0.150. The Morgan fingerprint density at radius 3 is 2.77 bits per heavy atom. The lowest BCUT2D eigenvalue weighted by molar-refractivity contribution is 0.0801. The van der Waals surface area contributed by atoms with E-state index in [1.807, 2.05) is 36.4 Å². The highest BCUT2D eigenvalue weighted by atomic mass is 32.1. The molecule has 0 fully saturated rings. The summed E-state index contributed by atoms with van der Waals surface area (Å²) in [6.45, 7) is 0.555. The molecule has 0 aliphatic rings. The first-order valence-corrected chi connectivity index (χ1v) is 9.06. The minimum Gasteiger partial charge on any atom is -0.422 e. The van der Waals surface area contributed by atoms with Crippen LogP contribution >= 0.6 is 11.3 Å². The van der Waals surface area contributed by atoms with Crippen molar-refractivity contribution < 1.29 is 9.21 Å². The molecule has 1 amide bonds. The average Bonchev–Trinajstić information content (AvgIpc) is 3.13. The van der Waals surface area contributed by atoms with Crippen LogP contribution < -0.4 is 5.63 Å². The maximum atomic E-state index is 12.8. The highest BCUT2D eigenvalue weighted by Gasteiger charge is 2.18. The van der Waals surface area contributed by atoms with Crippen LogP contribution in [0, 0.1) is 0 Å². The Morgan fingerprint density at radius 2 is 1.96 bits per heavy atom. The van der Waals surface area contributed by atoms with Crippen molar-refractivity contribution >= 4 is 38.3 Å². The van der Waals surface area contributed by atoms with Crippen LogP contribution in [0.5, 0.6) is 0 Å². The molecule has 130 valence electrons. The summed E-state index contributed by atoms with van der Waals surface area (Å²) in [5, 5.41) is 1.30. The highest BCUT2D eigenvalue weighted by Crippen LogP contribution is 2.30. The van der Waals surface area contributed by atoms with Gasteiger partial charge < -0.3 is 9.32 Å². The number of aromatic nitrogens is 1. The molecule has 1 aromatic carbocycles. The predicted octanol–water partition coefficient (Wildman–Crippen LogP) is 3.72. The zero-order chi connectivity index (χ0) is 18.1. The van der Waals surface area contributed by atoms with Gasteiger partial charge in [-0.15, -0.1) is 11.3 Å². The summed E-state index contributed by atoms with van der Waals surface area (Å²) in [7, 11) is 1.76. The number of rotatable bonds is 4. The number of thiophene rings is 1. The Bertz CT molecular complexity index is 1150. The molecule has 0 saturated heterocycles. The summed E-state index contributed by atoms with van der Waals surface area (Å²) < 4.78 is 6.14. The number of para-hydroxylation sites is 1. The Labute approximate surface area is 153 Å². The average molecular weight is 364 g/mol. The zero-order valence-corrected chi connectivity index (χ0v) is 15.0. The molecule has 0 N–H and O–H groups in total. The SMILES string of the molecule is CN(CCc1ccccn1)C(=O)c1cc2c(=O)oc3ccccc3c2s1. The van der Waals surface area contributed by atoms with Crippen molar-refractivity contribution in [3.8, 4) is 0 Å². The first kappa shape index (κ1) is 16.5. The number of amides is 1. The molecule has 26 heavy (non-hydrogen) atoms. The molecule has 0 bridgehead atoms. The molecule has 0 spiro atoms. The summed E-state index contributed by atoms with van der Waals surface area (Å²) in [4.78, 5) is 31.4. The molecule has 0 aliphatic carbocycles. The van der Waals surface area contributed by atoms with Crippen molar-refractivity contribution in [3.05, 3.63) is 75.7 Å². The van der Waals surface area contributed by atoms with Crippen molar-refractivity contribution in [2.45, 2.75) is 6.42 Å². The Balaban J connectivity index is 1.63. The molecule has 0 radical (unpaired) electrons. The summed E-state index contributed by atoms with van der Waals surface area (Å²) in [5.41, 5.74) is 1.06. The normalized spacial score (nSPS) is 11.1. The van der Waals surface area contributed by atoms with E-state index in [1.165, 1.54) is 11.3 Å². The highest BCUT2D eigenvalue weighted by molar-refractivity contribution is 7.21. The van der Waals surface area contributed by atoms with Crippen LogP contribution in [0.4, 0.5) is 0 Å². The number of hydrogen-bond acceptors (Lipinski definition) is 5. The van der Waals surface area contributed by atoms with Gasteiger partial charge in [0, 0.05) is 37.3 Å². The van der Waals surface area contributed by atoms with Crippen LogP contribution in [-0.2, 0) is 6.42 Å². The molecular weight excluding hydrogens is 348 g/mol. The van der Waals surface area contributed by atoms with E-state index in [1.54, 1.807) is 30.3 Å². The first-order chi connectivity index (χ1) is 12.6. The second-order valence-electron chi connectivity index (χ2n) is 6.04. The van der Waals surface area contributed by atoms with E-state index < -0.39 is 5.63 Å². The standard InChI is InChI=1S/C20H16N2O3S/c1-22(11-9-13-6-4-5-10-21-13)19(23)17-12-15-18(26-17)14-7-2-3-8-16(14)25-20(15)24/h2-8,10,12H,9,11H2,1H3. The van der Waals surface area contributed by atoms with Gasteiger partial charge in [0.15, 0.2) is 0 Å². The smallest absolute Gasteiger partial charge is 0.345 e. The van der Waals surface area contributed by atoms with Gasteiger partial charge in [0.2, 0.25) is 0 Å². The van der Waals surface area contributed by atoms with E-state index in [2.05, 4.69) is 4.98 Å². The molecule has 4 rings (SSSR count). The van der Waals surface area contributed by atoms with Gasteiger partial charge in [0.05, 0.1) is 15.0 Å². The third-order valence-corrected chi connectivity index (χ3v) is 5.43. The van der Waals surface area contributed by atoms with Crippen LogP contribution in [0.2, 0.25) is 0 Å². The lowest BCUT2D eigenvalue weighted by atomic mass is 10.2. The molecule has 3 aromatic heterocycles. The van der Waals surface area contributed by atoms with Crippen molar-refractivity contribution in [3.63, 3.8) is 0 Å². The van der Waals surface area contributed by atoms with Crippen molar-refractivity contribution in [2.75, 3.05) is 13.6 Å². The summed E-state index contributed by atoms with van der Waals surface area (Å²) in [6.07, 6.45) is 2.42. The van der Waals surface area contributed by atoms with Gasteiger partial charge >= 0.3 is 5.63 Å². The van der Waals surface area contributed by atoms with E-state index >= 15 is 0 Å². The van der Waals surface area contributed by atoms with Gasteiger partial charge in [-0.2, -0.15) is 0 Å². The van der Waals surface area contributed by atoms with Crippen LogP contribution in [0.1, 0.15) is 15.4 Å². The van der Waals surface area contributed by atoms with Gasteiger partial charge in [-0.1, -0.05) is 18.2 Å². The van der Waals surface area contributed by atoms with E-state index in [0.29, 0.717) is 28.8 Å². The van der Waals surface area contributed by atoms with Crippen molar-refractivity contribution in [1.29, 1.82) is 0 Å². The number of hydrogen-bond donors (Lipinski definition) is 0. The van der Waals surface area contributed by atoms with Gasteiger partial charge in [0.25, 0.3) is 5.91 Å². The first-order valence-electron chi connectivity index (χ1n) is 8.24. The Morgan fingerprint density at radius 1 is 1.15 bits per heavy atom. The lowest BCUT2D eigenvalue weighted by Gasteiger charge is -2.15. The monoisotopic (exact) mass is 364 g/mol. The topological polar surface area (TPSA) is 63.4 Å². The molecule has 0 unspecified atom stereocenters. The number of nitrogens with zero attached hydrogens (tertiary/aromatic N) is 2. The fourth-order valence-corrected chi connectivity index (χ4v) is 4.03. The van der Waals surface area contributed by atoms with E-state index in [0.717, 1.165) is 15.8 Å². The Kier molecular flexibility index (Phi) is 4.26. The van der Waals surface area contributed by atoms with E-state index in [4.69, 9.17) is 4.42 Å². The minimum atomic E-state index is -0.412. The van der Waals surface area contributed by atoms with Crippen LogP contribution in [0.25, 0.3) is 21.1 Å². The second-order valence-corrected chi connectivity index (χ2v) is 7.09. The second kappa shape index (κ2) is 6.72. The minimum absolute atomic E-state index is 0.106. The van der Waals surface area contributed by atoms with Crippen LogP contribution in [0.15, 0.2) is 63.9 Å². The maximum absolute atomic E-state index is 12.8. The summed E-state index contributed by atoms with van der Waals surface area (Å²) >= 11 is 1.33.